The number of amides is 1. The number of carbonyl (C=O) groups excluding carboxylic acids is 1. The molecule has 5 nitrogen and oxygen atoms in total. The van der Waals surface area contributed by atoms with Crippen molar-refractivity contribution in [2.75, 3.05) is 13.7 Å². The Morgan fingerprint density at radius 1 is 1.32 bits per heavy atom. The van der Waals surface area contributed by atoms with Gasteiger partial charge in [0.25, 0.3) is 5.91 Å². The van der Waals surface area contributed by atoms with Crippen LogP contribution in [0.5, 0.6) is 5.75 Å². The Balaban J connectivity index is 1.89. The fourth-order valence-corrected chi connectivity index (χ4v) is 3.99. The lowest BCUT2D eigenvalue weighted by atomic mass is 9.94. The van der Waals surface area contributed by atoms with Gasteiger partial charge < -0.3 is 14.7 Å². The van der Waals surface area contributed by atoms with Crippen LogP contribution in [0.4, 0.5) is 0 Å². The van der Waals surface area contributed by atoms with Crippen LogP contribution in [0.2, 0.25) is 0 Å². The molecule has 118 valence electrons. The molecule has 1 aliphatic carbocycles. The molecule has 1 saturated carbocycles. The zero-order valence-electron chi connectivity index (χ0n) is 12.9. The van der Waals surface area contributed by atoms with Gasteiger partial charge >= 0.3 is 5.97 Å². The summed E-state index contributed by atoms with van der Waals surface area (Å²) in [4.78, 5) is 26.1. The number of hydrogen-bond acceptors (Lipinski definition) is 3. The van der Waals surface area contributed by atoms with E-state index >= 15 is 0 Å². The highest BCUT2D eigenvalue weighted by Crippen LogP contribution is 2.42. The standard InChI is InChI=1S/C17H21NO4/c1-10-8-12(22-2)6-7-13(10)16(19)18-9-11-4-3-5-14(11)15(18)17(20)21/h6-8,11,14-15H,3-5,9H2,1-2H3,(H,20,21). The summed E-state index contributed by atoms with van der Waals surface area (Å²) in [6, 6.07) is 4.59. The van der Waals surface area contributed by atoms with Gasteiger partial charge in [-0.2, -0.15) is 0 Å². The molecule has 1 heterocycles. The molecule has 1 amide bonds. The average Bonchev–Trinajstić information content (AvgIpc) is 3.06. The van der Waals surface area contributed by atoms with Crippen LogP contribution in [0.25, 0.3) is 0 Å². The number of methoxy groups -OCH3 is 1. The van der Waals surface area contributed by atoms with E-state index in [1.807, 2.05) is 6.92 Å². The molecule has 0 aromatic heterocycles. The lowest BCUT2D eigenvalue weighted by molar-refractivity contribution is -0.142. The highest BCUT2D eigenvalue weighted by molar-refractivity contribution is 5.98. The first-order valence-corrected chi connectivity index (χ1v) is 7.71. The van der Waals surface area contributed by atoms with Crippen molar-refractivity contribution in [3.05, 3.63) is 29.3 Å². The fourth-order valence-electron chi connectivity index (χ4n) is 3.99. The predicted octanol–water partition coefficient (Wildman–Crippen LogP) is 2.33. The first-order valence-electron chi connectivity index (χ1n) is 7.71. The molecular formula is C17H21NO4. The molecule has 0 bridgehead atoms. The van der Waals surface area contributed by atoms with E-state index in [4.69, 9.17) is 4.74 Å². The lowest BCUT2D eigenvalue weighted by Gasteiger charge is -2.25. The summed E-state index contributed by atoms with van der Waals surface area (Å²) in [5.41, 5.74) is 1.37. The maximum absolute atomic E-state index is 12.8. The third kappa shape index (κ3) is 2.34. The van der Waals surface area contributed by atoms with E-state index in [1.165, 1.54) is 0 Å². The summed E-state index contributed by atoms with van der Waals surface area (Å²) in [5.74, 6) is 0.0848. The Morgan fingerprint density at radius 2 is 2.09 bits per heavy atom. The molecule has 22 heavy (non-hydrogen) atoms. The van der Waals surface area contributed by atoms with Gasteiger partial charge in [-0.15, -0.1) is 0 Å². The zero-order valence-corrected chi connectivity index (χ0v) is 12.9. The van der Waals surface area contributed by atoms with Crippen molar-refractivity contribution in [1.29, 1.82) is 0 Å². The maximum Gasteiger partial charge on any atom is 0.326 e. The Labute approximate surface area is 129 Å². The van der Waals surface area contributed by atoms with Gasteiger partial charge in [0.15, 0.2) is 0 Å². The van der Waals surface area contributed by atoms with Crippen molar-refractivity contribution < 1.29 is 19.4 Å². The third-order valence-electron chi connectivity index (χ3n) is 5.07. The van der Waals surface area contributed by atoms with Gasteiger partial charge in [0.1, 0.15) is 11.8 Å². The van der Waals surface area contributed by atoms with Gasteiger partial charge in [-0.05, 0) is 55.4 Å². The number of ether oxygens (including phenoxy) is 1. The van der Waals surface area contributed by atoms with Crippen LogP contribution >= 0.6 is 0 Å². The quantitative estimate of drug-likeness (QED) is 0.930. The fraction of sp³-hybridized carbons (Fsp3) is 0.529. The monoisotopic (exact) mass is 303 g/mol. The number of carboxylic acid groups (broad SMARTS) is 1. The van der Waals surface area contributed by atoms with Crippen molar-refractivity contribution in [1.82, 2.24) is 4.90 Å². The smallest absolute Gasteiger partial charge is 0.326 e. The van der Waals surface area contributed by atoms with E-state index in [0.29, 0.717) is 23.8 Å². The molecule has 3 atom stereocenters. The van der Waals surface area contributed by atoms with Crippen LogP contribution in [0.15, 0.2) is 18.2 Å². The highest BCUT2D eigenvalue weighted by atomic mass is 16.5. The lowest BCUT2D eigenvalue weighted by Crippen LogP contribution is -2.43. The van der Waals surface area contributed by atoms with E-state index in [1.54, 1.807) is 30.2 Å². The zero-order chi connectivity index (χ0) is 15.9. The number of benzene rings is 1. The number of aryl methyl sites for hydroxylation is 1. The molecule has 1 aromatic carbocycles. The second kappa shape index (κ2) is 5.63. The number of carbonyl (C=O) groups is 2. The van der Waals surface area contributed by atoms with Crippen molar-refractivity contribution in [3.8, 4) is 5.75 Å². The number of rotatable bonds is 3. The summed E-state index contributed by atoms with van der Waals surface area (Å²) in [7, 11) is 1.58. The SMILES string of the molecule is COc1ccc(C(=O)N2CC3CCCC3C2C(=O)O)c(C)c1. The summed E-state index contributed by atoms with van der Waals surface area (Å²) in [6.07, 6.45) is 3.01. The van der Waals surface area contributed by atoms with E-state index in [2.05, 4.69) is 0 Å². The van der Waals surface area contributed by atoms with E-state index in [0.717, 1.165) is 24.8 Å². The Morgan fingerprint density at radius 3 is 2.73 bits per heavy atom. The molecule has 1 saturated heterocycles. The second-order valence-electron chi connectivity index (χ2n) is 6.28. The largest absolute Gasteiger partial charge is 0.497 e. The van der Waals surface area contributed by atoms with Gasteiger partial charge in [0.2, 0.25) is 0 Å². The number of likely N-dealkylation sites (tertiary alicyclic amines) is 1. The molecule has 2 fully saturated rings. The Hall–Kier alpha value is -2.04. The highest BCUT2D eigenvalue weighted by Gasteiger charge is 2.49. The molecule has 0 radical (unpaired) electrons. The first kappa shape index (κ1) is 14.9. The van der Waals surface area contributed by atoms with Gasteiger partial charge in [-0.3, -0.25) is 4.79 Å². The minimum atomic E-state index is -0.881. The van der Waals surface area contributed by atoms with Crippen LogP contribution in [-0.4, -0.2) is 41.6 Å². The molecule has 0 spiro atoms. The molecule has 1 N–H and O–H groups in total. The first-order chi connectivity index (χ1) is 10.5. The number of carboxylic acids is 1. The van der Waals surface area contributed by atoms with Crippen molar-refractivity contribution >= 4 is 11.9 Å². The Kier molecular flexibility index (Phi) is 3.81. The summed E-state index contributed by atoms with van der Waals surface area (Å²) < 4.78 is 5.16. The van der Waals surface area contributed by atoms with Crippen molar-refractivity contribution in [2.45, 2.75) is 32.2 Å². The third-order valence-corrected chi connectivity index (χ3v) is 5.07. The number of fused-ring (bicyclic) bond motifs is 1. The molecular weight excluding hydrogens is 282 g/mol. The summed E-state index contributed by atoms with van der Waals surface area (Å²) in [5, 5.41) is 9.56. The summed E-state index contributed by atoms with van der Waals surface area (Å²) in [6.45, 7) is 2.41. The van der Waals surface area contributed by atoms with Gasteiger partial charge in [0.05, 0.1) is 7.11 Å². The normalized spacial score (nSPS) is 26.8. The molecule has 3 unspecified atom stereocenters. The molecule has 1 aliphatic heterocycles. The van der Waals surface area contributed by atoms with E-state index in [9.17, 15) is 14.7 Å². The van der Waals surface area contributed by atoms with Gasteiger partial charge in [-0.25, -0.2) is 4.79 Å². The van der Waals surface area contributed by atoms with Crippen LogP contribution < -0.4 is 4.74 Å². The van der Waals surface area contributed by atoms with Crippen LogP contribution in [0.3, 0.4) is 0 Å². The minimum absolute atomic E-state index is 0.111. The molecule has 2 aliphatic rings. The molecule has 3 rings (SSSR count). The van der Waals surface area contributed by atoms with E-state index in [-0.39, 0.29) is 11.8 Å². The van der Waals surface area contributed by atoms with Gasteiger partial charge in [0, 0.05) is 12.1 Å². The number of aliphatic carboxylic acids is 1. The average molecular weight is 303 g/mol. The van der Waals surface area contributed by atoms with Crippen molar-refractivity contribution in [3.63, 3.8) is 0 Å². The van der Waals surface area contributed by atoms with Gasteiger partial charge in [-0.1, -0.05) is 6.42 Å². The predicted molar refractivity (Wildman–Crippen MR) is 81.0 cm³/mol. The minimum Gasteiger partial charge on any atom is -0.497 e. The summed E-state index contributed by atoms with van der Waals surface area (Å²) >= 11 is 0. The van der Waals surface area contributed by atoms with E-state index < -0.39 is 12.0 Å². The molecule has 5 heteroatoms. The second-order valence-corrected chi connectivity index (χ2v) is 6.28. The van der Waals surface area contributed by atoms with Crippen LogP contribution in [0.1, 0.15) is 35.2 Å². The molecule has 1 aromatic rings. The Bertz CT molecular complexity index is 613. The number of hydrogen-bond donors (Lipinski definition) is 1. The van der Waals surface area contributed by atoms with Crippen molar-refractivity contribution in [2.24, 2.45) is 11.8 Å². The number of nitrogens with zero attached hydrogens (tertiary/aromatic N) is 1. The maximum atomic E-state index is 12.8. The van der Waals surface area contributed by atoms with Crippen LogP contribution in [0, 0.1) is 18.8 Å². The van der Waals surface area contributed by atoms with Crippen LogP contribution in [-0.2, 0) is 4.79 Å². The topological polar surface area (TPSA) is 66.8 Å².